The van der Waals surface area contributed by atoms with E-state index in [9.17, 15) is 26.4 Å². The van der Waals surface area contributed by atoms with Crippen LogP contribution in [0.3, 0.4) is 0 Å². The van der Waals surface area contributed by atoms with E-state index in [1.165, 1.54) is 0 Å². The zero-order valence-electron chi connectivity index (χ0n) is 18.0. The average Bonchev–Trinajstić information content (AvgIpc) is 2.82. The van der Waals surface area contributed by atoms with E-state index in [-0.39, 0.29) is 17.4 Å². The summed E-state index contributed by atoms with van der Waals surface area (Å²) in [5, 5.41) is 7.12. The summed E-state index contributed by atoms with van der Waals surface area (Å²) in [5.41, 5.74) is 0.566. The lowest BCUT2D eigenvalue weighted by Crippen LogP contribution is -2.59. The fourth-order valence-electron chi connectivity index (χ4n) is 4.16. The van der Waals surface area contributed by atoms with Gasteiger partial charge < -0.3 is 10.0 Å². The second-order valence-corrected chi connectivity index (χ2v) is 9.94. The van der Waals surface area contributed by atoms with Crippen molar-refractivity contribution in [3.05, 3.63) is 60.4 Å². The van der Waals surface area contributed by atoms with Crippen molar-refractivity contribution in [2.75, 3.05) is 13.1 Å². The number of carboxylic acid groups (broad SMARTS) is 1. The molecule has 1 amide bonds. The number of nitrogens with one attached hydrogen (secondary N) is 1. The first-order valence-corrected chi connectivity index (χ1v) is 12.0. The number of aliphatic carboxylic acids is 1. The third-order valence-electron chi connectivity index (χ3n) is 6.22. The highest BCUT2D eigenvalue weighted by molar-refractivity contribution is 7.89. The van der Waals surface area contributed by atoms with Crippen LogP contribution in [0, 0.1) is 5.41 Å². The number of halogens is 3. The molecular weight excluding hydrogens is 475 g/mol. The van der Waals surface area contributed by atoms with Gasteiger partial charge in [0.1, 0.15) is 0 Å². The molecule has 1 aliphatic carbocycles. The Morgan fingerprint density at radius 1 is 1.06 bits per heavy atom. The van der Waals surface area contributed by atoms with Crippen LogP contribution in [0.25, 0.3) is 0 Å². The quantitative estimate of drug-likeness (QED) is 0.668. The lowest BCUT2D eigenvalue weighted by atomic mass is 9.59. The summed E-state index contributed by atoms with van der Waals surface area (Å²) in [4.78, 5) is 27.6. The maximum atomic E-state index is 12.6. The second kappa shape index (κ2) is 10.1. The van der Waals surface area contributed by atoms with Crippen LogP contribution in [-0.2, 0) is 14.8 Å². The van der Waals surface area contributed by atoms with Gasteiger partial charge in [-0.2, -0.15) is 13.2 Å². The molecular formula is C22H24F3N3O5S. The average molecular weight is 500 g/mol. The molecule has 2 heterocycles. The van der Waals surface area contributed by atoms with Gasteiger partial charge in [0.05, 0.1) is 10.5 Å². The molecule has 2 fully saturated rings. The van der Waals surface area contributed by atoms with Gasteiger partial charge in [0, 0.05) is 31.5 Å². The van der Waals surface area contributed by atoms with Crippen LogP contribution < -0.4 is 4.72 Å². The largest absolute Gasteiger partial charge is 0.490 e. The van der Waals surface area contributed by atoms with E-state index in [1.807, 2.05) is 4.90 Å². The molecule has 34 heavy (non-hydrogen) atoms. The Bertz CT molecular complexity index is 1100. The van der Waals surface area contributed by atoms with Crippen molar-refractivity contribution in [3.63, 3.8) is 0 Å². The van der Waals surface area contributed by atoms with Gasteiger partial charge in [-0.25, -0.2) is 17.9 Å². The standard InChI is InChI=1S/C20H23N3O3S.C2HF3O2/c24-19(16-5-4-12-21-15-16)23-13-10-20(11-14-23)9-8-18(20)22-27(25,26)17-6-2-1-3-7-17;3-2(4,5)1(6)7/h1-7,12,15,18,22H,8-11,13-14H2;(H,6,7). The predicted molar refractivity (Wildman–Crippen MR) is 115 cm³/mol. The maximum absolute atomic E-state index is 12.6. The van der Waals surface area contributed by atoms with Gasteiger partial charge in [-0.3, -0.25) is 9.78 Å². The van der Waals surface area contributed by atoms with Crippen molar-refractivity contribution < 1.29 is 36.3 Å². The van der Waals surface area contributed by atoms with Gasteiger partial charge in [0.25, 0.3) is 5.91 Å². The molecule has 2 aliphatic rings. The molecule has 184 valence electrons. The number of alkyl halides is 3. The van der Waals surface area contributed by atoms with E-state index in [2.05, 4.69) is 9.71 Å². The monoisotopic (exact) mass is 499 g/mol. The zero-order valence-corrected chi connectivity index (χ0v) is 18.8. The fraction of sp³-hybridized carbons (Fsp3) is 0.409. The summed E-state index contributed by atoms with van der Waals surface area (Å²) >= 11 is 0. The molecule has 2 N–H and O–H groups in total. The first-order chi connectivity index (χ1) is 15.9. The van der Waals surface area contributed by atoms with Gasteiger partial charge in [0.2, 0.25) is 10.0 Å². The number of benzene rings is 1. The zero-order chi connectivity index (χ0) is 25.0. The number of aromatic nitrogens is 1. The van der Waals surface area contributed by atoms with Gasteiger partial charge in [-0.05, 0) is 55.4 Å². The van der Waals surface area contributed by atoms with Crippen LogP contribution in [0.4, 0.5) is 13.2 Å². The van der Waals surface area contributed by atoms with Crippen molar-refractivity contribution in [1.29, 1.82) is 0 Å². The second-order valence-electron chi connectivity index (χ2n) is 8.22. The number of carbonyl (C=O) groups is 2. The molecule has 0 radical (unpaired) electrons. The Hall–Kier alpha value is -2.99. The van der Waals surface area contributed by atoms with Crippen LogP contribution in [0.2, 0.25) is 0 Å². The number of hydrogen-bond donors (Lipinski definition) is 2. The fourth-order valence-corrected chi connectivity index (χ4v) is 5.56. The Morgan fingerprint density at radius 3 is 2.15 bits per heavy atom. The highest BCUT2D eigenvalue weighted by Crippen LogP contribution is 2.49. The number of piperidine rings is 1. The van der Waals surface area contributed by atoms with Crippen LogP contribution in [0.5, 0.6) is 0 Å². The number of sulfonamides is 1. The molecule has 0 bridgehead atoms. The molecule has 1 atom stereocenters. The summed E-state index contributed by atoms with van der Waals surface area (Å²) in [7, 11) is -3.51. The van der Waals surface area contributed by atoms with E-state index in [1.54, 1.807) is 54.9 Å². The minimum atomic E-state index is -5.08. The molecule has 4 rings (SSSR count). The lowest BCUT2D eigenvalue weighted by molar-refractivity contribution is -0.192. The molecule has 1 aromatic carbocycles. The summed E-state index contributed by atoms with van der Waals surface area (Å²) in [6.45, 7) is 1.30. The first kappa shape index (κ1) is 25.6. The third-order valence-corrected chi connectivity index (χ3v) is 7.71. The minimum absolute atomic E-state index is 0.00121. The number of pyridine rings is 1. The molecule has 1 saturated heterocycles. The Balaban J connectivity index is 0.000000406. The number of nitrogens with zero attached hydrogens (tertiary/aromatic N) is 2. The number of amides is 1. The third kappa shape index (κ3) is 5.92. The summed E-state index contributed by atoms with van der Waals surface area (Å²) in [6, 6.07) is 12.0. The Labute approximate surface area is 194 Å². The van der Waals surface area contributed by atoms with E-state index in [4.69, 9.17) is 9.90 Å². The Kier molecular flexibility index (Phi) is 7.61. The number of rotatable bonds is 4. The normalized spacial score (nSPS) is 19.5. The topological polar surface area (TPSA) is 117 Å². The van der Waals surface area contributed by atoms with E-state index in [0.717, 1.165) is 25.7 Å². The van der Waals surface area contributed by atoms with Crippen LogP contribution >= 0.6 is 0 Å². The highest BCUT2D eigenvalue weighted by Gasteiger charge is 2.50. The van der Waals surface area contributed by atoms with E-state index >= 15 is 0 Å². The summed E-state index contributed by atoms with van der Waals surface area (Å²) < 4.78 is 59.9. The van der Waals surface area contributed by atoms with Gasteiger partial charge in [0.15, 0.2) is 0 Å². The predicted octanol–water partition coefficient (Wildman–Crippen LogP) is 3.08. The lowest BCUT2D eigenvalue weighted by Gasteiger charge is -2.53. The number of likely N-dealkylation sites (tertiary alicyclic amines) is 1. The maximum Gasteiger partial charge on any atom is 0.490 e. The molecule has 8 nitrogen and oxygen atoms in total. The Morgan fingerprint density at radius 2 is 1.68 bits per heavy atom. The molecule has 1 saturated carbocycles. The van der Waals surface area contributed by atoms with Crippen LogP contribution in [0.15, 0.2) is 59.8 Å². The number of carboxylic acids is 1. The number of carbonyl (C=O) groups excluding carboxylic acids is 1. The van der Waals surface area contributed by atoms with Crippen molar-refractivity contribution in [1.82, 2.24) is 14.6 Å². The van der Waals surface area contributed by atoms with E-state index in [0.29, 0.717) is 23.5 Å². The van der Waals surface area contributed by atoms with E-state index < -0.39 is 22.2 Å². The summed E-state index contributed by atoms with van der Waals surface area (Å²) in [6.07, 6.45) is 1.65. The molecule has 1 unspecified atom stereocenters. The van der Waals surface area contributed by atoms with Crippen molar-refractivity contribution >= 4 is 21.9 Å². The van der Waals surface area contributed by atoms with Gasteiger partial charge >= 0.3 is 12.1 Å². The van der Waals surface area contributed by atoms with Crippen LogP contribution in [-0.4, -0.2) is 60.6 Å². The smallest absolute Gasteiger partial charge is 0.475 e. The summed E-state index contributed by atoms with van der Waals surface area (Å²) in [5.74, 6) is -2.76. The highest BCUT2D eigenvalue weighted by atomic mass is 32.2. The van der Waals surface area contributed by atoms with Crippen molar-refractivity contribution in [3.8, 4) is 0 Å². The van der Waals surface area contributed by atoms with Crippen molar-refractivity contribution in [2.24, 2.45) is 5.41 Å². The SMILES string of the molecule is O=C(O)C(F)(F)F.O=C(c1cccnc1)N1CCC2(CCC2NS(=O)(=O)c2ccccc2)CC1. The molecule has 1 spiro atoms. The molecule has 12 heteroatoms. The molecule has 2 aromatic rings. The van der Waals surface area contributed by atoms with Gasteiger partial charge in [-0.15, -0.1) is 0 Å². The van der Waals surface area contributed by atoms with Crippen molar-refractivity contribution in [2.45, 2.75) is 42.8 Å². The number of hydrogen-bond acceptors (Lipinski definition) is 5. The molecule has 1 aromatic heterocycles. The van der Waals surface area contributed by atoms with Crippen LogP contribution in [0.1, 0.15) is 36.0 Å². The minimum Gasteiger partial charge on any atom is -0.475 e. The van der Waals surface area contributed by atoms with Gasteiger partial charge in [-0.1, -0.05) is 18.2 Å². The molecule has 1 aliphatic heterocycles. The first-order valence-electron chi connectivity index (χ1n) is 10.5.